The molecule has 2 aromatic rings. The molecule has 4 nitrogen and oxygen atoms in total. The van der Waals surface area contributed by atoms with Crippen molar-refractivity contribution in [2.75, 3.05) is 19.7 Å². The lowest BCUT2D eigenvalue weighted by atomic mass is 9.98. The summed E-state index contributed by atoms with van der Waals surface area (Å²) in [5.41, 5.74) is 3.59. The molecule has 4 heteroatoms. The molecule has 0 spiro atoms. The maximum atomic E-state index is 9.43. The lowest BCUT2D eigenvalue weighted by Gasteiger charge is -2.31. The van der Waals surface area contributed by atoms with Crippen molar-refractivity contribution < 1.29 is 5.11 Å². The van der Waals surface area contributed by atoms with E-state index in [4.69, 9.17) is 5.10 Å². The van der Waals surface area contributed by atoms with E-state index in [1.807, 2.05) is 22.9 Å². The van der Waals surface area contributed by atoms with Crippen LogP contribution in [0.25, 0.3) is 5.69 Å². The molecule has 23 heavy (non-hydrogen) atoms. The van der Waals surface area contributed by atoms with Crippen molar-refractivity contribution in [3.05, 3.63) is 47.8 Å². The predicted octanol–water partition coefficient (Wildman–Crippen LogP) is 3.20. The van der Waals surface area contributed by atoms with Gasteiger partial charge in [-0.2, -0.15) is 5.10 Å². The summed E-state index contributed by atoms with van der Waals surface area (Å²) in [6.07, 6.45) is 4.50. The third-order valence-electron chi connectivity index (χ3n) is 4.65. The molecular formula is C19H27N3O. The van der Waals surface area contributed by atoms with Crippen LogP contribution < -0.4 is 0 Å². The van der Waals surface area contributed by atoms with Gasteiger partial charge in [-0.3, -0.25) is 4.90 Å². The standard InChI is InChI=1S/C19H27N3O/c1-15(2)19-17(12-21-10-6-7-16(11-21)14-23)13-22(20-19)18-8-4-3-5-9-18/h3-5,8-9,13,15-16,23H,6-7,10-12,14H2,1-2H3. The number of hydrogen-bond acceptors (Lipinski definition) is 3. The monoisotopic (exact) mass is 313 g/mol. The van der Waals surface area contributed by atoms with E-state index in [2.05, 4.69) is 37.1 Å². The fraction of sp³-hybridized carbons (Fsp3) is 0.526. The van der Waals surface area contributed by atoms with Gasteiger partial charge in [0.05, 0.1) is 11.4 Å². The van der Waals surface area contributed by atoms with Gasteiger partial charge in [0.25, 0.3) is 0 Å². The van der Waals surface area contributed by atoms with Gasteiger partial charge in [-0.15, -0.1) is 0 Å². The SMILES string of the molecule is CC(C)c1nn(-c2ccccc2)cc1CN1CCCC(CO)C1. The van der Waals surface area contributed by atoms with Crippen LogP contribution in [-0.2, 0) is 6.54 Å². The second-order valence-electron chi connectivity index (χ2n) is 6.90. The quantitative estimate of drug-likeness (QED) is 0.921. The molecule has 2 heterocycles. The Kier molecular flexibility index (Phi) is 5.13. The second-order valence-corrected chi connectivity index (χ2v) is 6.90. The molecule has 1 atom stereocenters. The topological polar surface area (TPSA) is 41.3 Å². The van der Waals surface area contributed by atoms with Crippen molar-refractivity contribution in [1.82, 2.24) is 14.7 Å². The lowest BCUT2D eigenvalue weighted by Crippen LogP contribution is -2.36. The highest BCUT2D eigenvalue weighted by Crippen LogP contribution is 2.24. The minimum Gasteiger partial charge on any atom is -0.396 e. The molecule has 1 aromatic heterocycles. The summed E-state index contributed by atoms with van der Waals surface area (Å²) in [5.74, 6) is 0.837. The predicted molar refractivity (Wildman–Crippen MR) is 92.7 cm³/mol. The number of aromatic nitrogens is 2. The van der Waals surface area contributed by atoms with Gasteiger partial charge in [0, 0.05) is 31.5 Å². The van der Waals surface area contributed by atoms with Crippen LogP contribution >= 0.6 is 0 Å². The van der Waals surface area contributed by atoms with E-state index in [9.17, 15) is 5.11 Å². The van der Waals surface area contributed by atoms with Crippen molar-refractivity contribution in [2.24, 2.45) is 5.92 Å². The zero-order valence-electron chi connectivity index (χ0n) is 14.2. The minimum absolute atomic E-state index is 0.302. The molecule has 0 aliphatic carbocycles. The zero-order valence-corrected chi connectivity index (χ0v) is 14.2. The molecule has 3 rings (SSSR count). The van der Waals surface area contributed by atoms with Crippen molar-refractivity contribution >= 4 is 0 Å². The Hall–Kier alpha value is -1.65. The average molecular weight is 313 g/mol. The van der Waals surface area contributed by atoms with Crippen LogP contribution in [0.5, 0.6) is 0 Å². The second kappa shape index (κ2) is 7.28. The summed E-state index contributed by atoms with van der Waals surface area (Å²) in [7, 11) is 0. The van der Waals surface area contributed by atoms with E-state index in [-0.39, 0.29) is 0 Å². The molecule has 1 aliphatic heterocycles. The van der Waals surface area contributed by atoms with Gasteiger partial charge in [-0.05, 0) is 43.4 Å². The van der Waals surface area contributed by atoms with Crippen molar-refractivity contribution in [3.8, 4) is 5.69 Å². The third kappa shape index (κ3) is 3.82. The van der Waals surface area contributed by atoms with E-state index in [0.29, 0.717) is 18.4 Å². The maximum Gasteiger partial charge on any atom is 0.0699 e. The summed E-state index contributed by atoms with van der Waals surface area (Å²) in [5, 5.41) is 14.3. The summed E-state index contributed by atoms with van der Waals surface area (Å²) in [6, 6.07) is 10.3. The Morgan fingerprint density at radius 1 is 1.26 bits per heavy atom. The normalized spacial score (nSPS) is 19.4. The van der Waals surface area contributed by atoms with Gasteiger partial charge in [0.15, 0.2) is 0 Å². The number of aliphatic hydroxyl groups is 1. The molecule has 1 saturated heterocycles. The molecule has 1 fully saturated rings. The van der Waals surface area contributed by atoms with Crippen LogP contribution in [0.2, 0.25) is 0 Å². The van der Waals surface area contributed by atoms with Crippen LogP contribution in [0.15, 0.2) is 36.5 Å². The summed E-state index contributed by atoms with van der Waals surface area (Å²) in [4.78, 5) is 2.46. The molecule has 124 valence electrons. The fourth-order valence-corrected chi connectivity index (χ4v) is 3.43. The summed E-state index contributed by atoms with van der Waals surface area (Å²) in [6.45, 7) is 7.74. The molecule has 1 unspecified atom stereocenters. The smallest absolute Gasteiger partial charge is 0.0699 e. The van der Waals surface area contributed by atoms with E-state index >= 15 is 0 Å². The molecule has 1 N–H and O–H groups in total. The first kappa shape index (κ1) is 16.2. The minimum atomic E-state index is 0.302. The largest absolute Gasteiger partial charge is 0.396 e. The molecule has 0 saturated carbocycles. The van der Waals surface area contributed by atoms with Gasteiger partial charge in [-0.1, -0.05) is 32.0 Å². The average Bonchev–Trinajstić information content (AvgIpc) is 3.00. The molecule has 0 amide bonds. The highest BCUT2D eigenvalue weighted by Gasteiger charge is 2.22. The lowest BCUT2D eigenvalue weighted by molar-refractivity contribution is 0.115. The first-order valence-corrected chi connectivity index (χ1v) is 8.64. The zero-order chi connectivity index (χ0) is 16.2. The first-order valence-electron chi connectivity index (χ1n) is 8.64. The van der Waals surface area contributed by atoms with E-state index in [1.54, 1.807) is 0 Å². The van der Waals surface area contributed by atoms with Gasteiger partial charge in [0.1, 0.15) is 0 Å². The van der Waals surface area contributed by atoms with Crippen LogP contribution in [0, 0.1) is 5.92 Å². The first-order chi connectivity index (χ1) is 11.2. The van der Waals surface area contributed by atoms with E-state index < -0.39 is 0 Å². The van der Waals surface area contributed by atoms with Gasteiger partial charge in [-0.25, -0.2) is 4.68 Å². The van der Waals surface area contributed by atoms with Crippen LogP contribution in [0.3, 0.4) is 0 Å². The molecule has 1 aromatic carbocycles. The maximum absolute atomic E-state index is 9.43. The van der Waals surface area contributed by atoms with Crippen LogP contribution in [-0.4, -0.2) is 39.5 Å². The van der Waals surface area contributed by atoms with Crippen molar-refractivity contribution in [2.45, 2.75) is 39.2 Å². The molecule has 0 radical (unpaired) electrons. The Labute approximate surface area is 138 Å². The van der Waals surface area contributed by atoms with Crippen molar-refractivity contribution in [3.63, 3.8) is 0 Å². The number of rotatable bonds is 5. The Balaban J connectivity index is 1.82. The fourth-order valence-electron chi connectivity index (χ4n) is 3.43. The Morgan fingerprint density at radius 2 is 2.04 bits per heavy atom. The molecule has 1 aliphatic rings. The number of likely N-dealkylation sites (tertiary alicyclic amines) is 1. The number of hydrogen-bond donors (Lipinski definition) is 1. The highest BCUT2D eigenvalue weighted by molar-refractivity contribution is 5.33. The number of para-hydroxylation sites is 1. The number of benzene rings is 1. The highest BCUT2D eigenvalue weighted by atomic mass is 16.3. The van der Waals surface area contributed by atoms with Gasteiger partial charge < -0.3 is 5.11 Å². The van der Waals surface area contributed by atoms with Gasteiger partial charge >= 0.3 is 0 Å². The summed E-state index contributed by atoms with van der Waals surface area (Å²) < 4.78 is 2.00. The molecular weight excluding hydrogens is 286 g/mol. The van der Waals surface area contributed by atoms with Gasteiger partial charge in [0.2, 0.25) is 0 Å². The Morgan fingerprint density at radius 3 is 2.74 bits per heavy atom. The van der Waals surface area contributed by atoms with Crippen LogP contribution in [0.4, 0.5) is 0 Å². The van der Waals surface area contributed by atoms with E-state index in [0.717, 1.165) is 31.7 Å². The van der Waals surface area contributed by atoms with Crippen LogP contribution in [0.1, 0.15) is 43.9 Å². The third-order valence-corrected chi connectivity index (χ3v) is 4.65. The van der Waals surface area contributed by atoms with Crippen molar-refractivity contribution in [1.29, 1.82) is 0 Å². The Bertz CT molecular complexity index is 621. The molecule has 0 bridgehead atoms. The summed E-state index contributed by atoms with van der Waals surface area (Å²) >= 11 is 0. The van der Waals surface area contributed by atoms with E-state index in [1.165, 1.54) is 17.7 Å². The number of piperidine rings is 1. The number of aliphatic hydroxyl groups excluding tert-OH is 1. The number of nitrogens with zero attached hydrogens (tertiary/aromatic N) is 3.